The molecule has 0 spiro atoms. The Morgan fingerprint density at radius 1 is 1.42 bits per heavy atom. The number of nitrogens with zero attached hydrogens (tertiary/aromatic N) is 4. The van der Waals surface area contributed by atoms with Crippen molar-refractivity contribution in [1.82, 2.24) is 30.3 Å². The summed E-state index contributed by atoms with van der Waals surface area (Å²) in [4.78, 5) is 14.4. The second kappa shape index (κ2) is 6.12. The smallest absolute Gasteiger partial charge is 0.237 e. The highest BCUT2D eigenvalue weighted by Crippen LogP contribution is 2.09. The highest BCUT2D eigenvalue weighted by atomic mass is 16.2. The summed E-state index contributed by atoms with van der Waals surface area (Å²) >= 11 is 0. The number of rotatable bonds is 4. The fourth-order valence-corrected chi connectivity index (χ4v) is 2.32. The van der Waals surface area contributed by atoms with E-state index in [2.05, 4.69) is 25.7 Å². The van der Waals surface area contributed by atoms with Crippen molar-refractivity contribution in [3.05, 3.63) is 12.2 Å². The zero-order valence-corrected chi connectivity index (χ0v) is 11.8. The van der Waals surface area contributed by atoms with E-state index < -0.39 is 0 Å². The molecule has 19 heavy (non-hydrogen) atoms. The fourth-order valence-electron chi connectivity index (χ4n) is 2.32. The average Bonchev–Trinajstić information content (AvgIpc) is 2.85. The quantitative estimate of drug-likeness (QED) is 0.753. The number of carbonyl (C=O) groups is 1. The second-order valence-corrected chi connectivity index (χ2v) is 4.99. The maximum Gasteiger partial charge on any atom is 0.237 e. The van der Waals surface area contributed by atoms with Gasteiger partial charge in [0.2, 0.25) is 5.91 Å². The Morgan fingerprint density at radius 3 is 2.68 bits per heavy atom. The number of nitrogens with one attached hydrogen (secondary N) is 2. The molecule has 1 fully saturated rings. The molecular formula is C12H22N6O. The van der Waals surface area contributed by atoms with Crippen LogP contribution in [0.1, 0.15) is 25.7 Å². The van der Waals surface area contributed by atoms with Gasteiger partial charge in [-0.05, 0) is 13.8 Å². The van der Waals surface area contributed by atoms with E-state index in [0.29, 0.717) is 0 Å². The normalized spacial score (nSPS) is 19.9. The van der Waals surface area contributed by atoms with E-state index in [1.165, 1.54) is 0 Å². The predicted molar refractivity (Wildman–Crippen MR) is 71.5 cm³/mol. The zero-order chi connectivity index (χ0) is 13.8. The van der Waals surface area contributed by atoms with Gasteiger partial charge in [-0.1, -0.05) is 0 Å². The molecule has 2 heterocycles. The minimum atomic E-state index is -0.134. The summed E-state index contributed by atoms with van der Waals surface area (Å²) in [7, 11) is 1.87. The van der Waals surface area contributed by atoms with Crippen LogP contribution in [0.5, 0.6) is 0 Å². The molecule has 0 saturated carbocycles. The molecular weight excluding hydrogens is 244 g/mol. The van der Waals surface area contributed by atoms with E-state index in [1.54, 1.807) is 6.33 Å². The van der Waals surface area contributed by atoms with Crippen molar-refractivity contribution in [1.29, 1.82) is 0 Å². The molecule has 0 aromatic carbocycles. The maximum absolute atomic E-state index is 12.2. The SMILES string of the molecule is CC(NC(=O)C(C)N1CCNCC1)c1nncn1C. The first-order valence-corrected chi connectivity index (χ1v) is 6.68. The molecule has 2 rings (SSSR count). The Hall–Kier alpha value is -1.47. The van der Waals surface area contributed by atoms with Crippen LogP contribution < -0.4 is 10.6 Å². The molecule has 1 saturated heterocycles. The van der Waals surface area contributed by atoms with Crippen molar-refractivity contribution in [2.24, 2.45) is 7.05 Å². The van der Waals surface area contributed by atoms with Crippen molar-refractivity contribution in [3.63, 3.8) is 0 Å². The van der Waals surface area contributed by atoms with Crippen molar-refractivity contribution in [2.75, 3.05) is 26.2 Å². The van der Waals surface area contributed by atoms with E-state index in [1.807, 2.05) is 25.5 Å². The highest BCUT2D eigenvalue weighted by molar-refractivity contribution is 5.81. The van der Waals surface area contributed by atoms with Gasteiger partial charge in [0, 0.05) is 33.2 Å². The summed E-state index contributed by atoms with van der Waals surface area (Å²) in [6, 6.07) is -0.247. The van der Waals surface area contributed by atoms with E-state index >= 15 is 0 Å². The van der Waals surface area contributed by atoms with Crippen LogP contribution in [-0.2, 0) is 11.8 Å². The third-order valence-electron chi connectivity index (χ3n) is 3.57. The van der Waals surface area contributed by atoms with Crippen molar-refractivity contribution in [2.45, 2.75) is 25.9 Å². The zero-order valence-electron chi connectivity index (χ0n) is 11.8. The summed E-state index contributed by atoms with van der Waals surface area (Å²) in [5.41, 5.74) is 0. The highest BCUT2D eigenvalue weighted by Gasteiger charge is 2.24. The third-order valence-corrected chi connectivity index (χ3v) is 3.57. The van der Waals surface area contributed by atoms with Gasteiger partial charge in [-0.3, -0.25) is 9.69 Å². The van der Waals surface area contributed by atoms with Gasteiger partial charge >= 0.3 is 0 Å². The number of hydrogen-bond donors (Lipinski definition) is 2. The molecule has 1 aromatic heterocycles. The lowest BCUT2D eigenvalue weighted by molar-refractivity contribution is -0.126. The minimum absolute atomic E-state index is 0.0393. The van der Waals surface area contributed by atoms with Crippen LogP contribution in [0.3, 0.4) is 0 Å². The van der Waals surface area contributed by atoms with Crippen LogP contribution in [0.25, 0.3) is 0 Å². The first-order chi connectivity index (χ1) is 9.09. The van der Waals surface area contributed by atoms with Gasteiger partial charge < -0.3 is 15.2 Å². The summed E-state index contributed by atoms with van der Waals surface area (Å²) in [6.45, 7) is 7.57. The van der Waals surface area contributed by atoms with Gasteiger partial charge in [0.1, 0.15) is 6.33 Å². The number of aryl methyl sites for hydroxylation is 1. The Kier molecular flexibility index (Phi) is 4.49. The molecule has 1 aliphatic rings. The lowest BCUT2D eigenvalue weighted by Gasteiger charge is -2.32. The van der Waals surface area contributed by atoms with Gasteiger partial charge in [0.05, 0.1) is 12.1 Å². The fraction of sp³-hybridized carbons (Fsp3) is 0.750. The van der Waals surface area contributed by atoms with Crippen LogP contribution in [0.2, 0.25) is 0 Å². The third kappa shape index (κ3) is 3.30. The topological polar surface area (TPSA) is 75.1 Å². The van der Waals surface area contributed by atoms with E-state index in [9.17, 15) is 4.79 Å². The van der Waals surface area contributed by atoms with E-state index in [-0.39, 0.29) is 18.0 Å². The Bertz CT molecular complexity index is 426. The molecule has 2 unspecified atom stereocenters. The number of piperazine rings is 1. The second-order valence-electron chi connectivity index (χ2n) is 4.99. The first-order valence-electron chi connectivity index (χ1n) is 6.68. The molecule has 7 nitrogen and oxygen atoms in total. The number of hydrogen-bond acceptors (Lipinski definition) is 5. The lowest BCUT2D eigenvalue weighted by atomic mass is 10.2. The van der Waals surface area contributed by atoms with Gasteiger partial charge in [0.15, 0.2) is 5.82 Å². The monoisotopic (exact) mass is 266 g/mol. The van der Waals surface area contributed by atoms with Gasteiger partial charge in [-0.15, -0.1) is 10.2 Å². The van der Waals surface area contributed by atoms with Crippen LogP contribution in [-0.4, -0.2) is 57.8 Å². The molecule has 7 heteroatoms. The van der Waals surface area contributed by atoms with E-state index in [0.717, 1.165) is 32.0 Å². The van der Waals surface area contributed by atoms with E-state index in [4.69, 9.17) is 0 Å². The van der Waals surface area contributed by atoms with Crippen molar-refractivity contribution < 1.29 is 4.79 Å². The molecule has 1 amide bonds. The van der Waals surface area contributed by atoms with Crippen LogP contribution in [0.4, 0.5) is 0 Å². The van der Waals surface area contributed by atoms with Crippen LogP contribution in [0.15, 0.2) is 6.33 Å². The average molecular weight is 266 g/mol. The van der Waals surface area contributed by atoms with Gasteiger partial charge in [-0.2, -0.15) is 0 Å². The number of aromatic nitrogens is 3. The summed E-state index contributed by atoms with van der Waals surface area (Å²) in [5, 5.41) is 14.1. The largest absolute Gasteiger partial charge is 0.345 e. The standard InChI is InChI=1S/C12H22N6O/c1-9(11-16-14-8-17(11)3)15-12(19)10(2)18-6-4-13-5-7-18/h8-10,13H,4-7H2,1-3H3,(H,15,19). The Balaban J connectivity index is 1.91. The molecule has 2 N–H and O–H groups in total. The summed E-state index contributed by atoms with van der Waals surface area (Å²) in [6.07, 6.45) is 1.64. The van der Waals surface area contributed by atoms with Crippen LogP contribution >= 0.6 is 0 Å². The molecule has 106 valence electrons. The lowest BCUT2D eigenvalue weighted by Crippen LogP contribution is -2.53. The summed E-state index contributed by atoms with van der Waals surface area (Å²) < 4.78 is 1.82. The molecule has 2 atom stereocenters. The maximum atomic E-state index is 12.2. The molecule has 0 aliphatic carbocycles. The predicted octanol–water partition coefficient (Wildman–Crippen LogP) is -0.714. The first kappa shape index (κ1) is 14.0. The molecule has 0 bridgehead atoms. The van der Waals surface area contributed by atoms with Crippen LogP contribution in [0, 0.1) is 0 Å². The Labute approximate surface area is 113 Å². The summed E-state index contributed by atoms with van der Waals surface area (Å²) in [5.74, 6) is 0.804. The Morgan fingerprint density at radius 2 is 2.11 bits per heavy atom. The molecule has 0 radical (unpaired) electrons. The molecule has 1 aliphatic heterocycles. The van der Waals surface area contributed by atoms with Gasteiger partial charge in [0.25, 0.3) is 0 Å². The number of amides is 1. The van der Waals surface area contributed by atoms with Gasteiger partial charge in [-0.25, -0.2) is 0 Å². The number of carbonyl (C=O) groups excluding carboxylic acids is 1. The van der Waals surface area contributed by atoms with Crippen molar-refractivity contribution in [3.8, 4) is 0 Å². The van der Waals surface area contributed by atoms with Crippen molar-refractivity contribution >= 4 is 5.91 Å². The minimum Gasteiger partial charge on any atom is -0.345 e. The molecule has 1 aromatic rings.